The quantitative estimate of drug-likeness (QED) is 0.786. The lowest BCUT2D eigenvalue weighted by Gasteiger charge is -2.40. The predicted molar refractivity (Wildman–Crippen MR) is 77.4 cm³/mol. The second-order valence-electron chi connectivity index (χ2n) is 5.68. The molecule has 2 rings (SSSR count). The molecule has 1 aliphatic heterocycles. The maximum atomic E-state index is 12.7. The van der Waals surface area contributed by atoms with Gasteiger partial charge in [-0.25, -0.2) is 0 Å². The second kappa shape index (κ2) is 5.23. The molecule has 1 aromatic rings. The average molecular weight is 292 g/mol. The largest absolute Gasteiger partial charge is 0.397 e. The zero-order valence-electron chi connectivity index (χ0n) is 12.5. The molecular weight excluding hydrogens is 272 g/mol. The summed E-state index contributed by atoms with van der Waals surface area (Å²) in [5, 5.41) is 2.25. The van der Waals surface area contributed by atoms with Crippen molar-refractivity contribution in [2.24, 2.45) is 0 Å². The van der Waals surface area contributed by atoms with Crippen LogP contribution in [0.2, 0.25) is 0 Å². The minimum absolute atomic E-state index is 0.144. The van der Waals surface area contributed by atoms with Crippen molar-refractivity contribution in [3.8, 4) is 0 Å². The van der Waals surface area contributed by atoms with Crippen LogP contribution in [-0.4, -0.2) is 39.3 Å². The predicted octanol–water partition coefficient (Wildman–Crippen LogP) is 0.358. The fourth-order valence-electron chi connectivity index (χ4n) is 2.38. The number of carbonyl (C=O) groups excluding carboxylic acids is 3. The maximum absolute atomic E-state index is 12.7. The van der Waals surface area contributed by atoms with Gasteiger partial charge in [-0.15, -0.1) is 0 Å². The second-order valence-corrected chi connectivity index (χ2v) is 5.68. The number of hydrogen-bond acceptors (Lipinski definition) is 4. The molecule has 0 radical (unpaired) electrons. The topological polar surface area (TPSA) is 97.4 Å². The third kappa shape index (κ3) is 2.63. The van der Waals surface area contributed by atoms with Crippen molar-refractivity contribution in [3.63, 3.8) is 0 Å². The molecule has 1 aromatic heterocycles. The van der Waals surface area contributed by atoms with Crippen LogP contribution in [0.25, 0.3) is 0 Å². The summed E-state index contributed by atoms with van der Waals surface area (Å²) < 4.78 is 1.75. The molecule has 0 saturated carbocycles. The molecule has 1 fully saturated rings. The van der Waals surface area contributed by atoms with Crippen LogP contribution < -0.4 is 11.1 Å². The lowest BCUT2D eigenvalue weighted by Crippen LogP contribution is -2.65. The van der Waals surface area contributed by atoms with Gasteiger partial charge in [0.1, 0.15) is 17.8 Å². The van der Waals surface area contributed by atoms with Gasteiger partial charge in [-0.2, -0.15) is 0 Å². The number of anilines is 1. The van der Waals surface area contributed by atoms with Gasteiger partial charge in [0.2, 0.25) is 5.91 Å². The van der Waals surface area contributed by atoms with E-state index in [0.717, 1.165) is 6.42 Å². The Morgan fingerprint density at radius 2 is 2.10 bits per heavy atom. The lowest BCUT2D eigenvalue weighted by atomic mass is 9.98. The van der Waals surface area contributed by atoms with E-state index in [4.69, 9.17) is 5.73 Å². The molecule has 0 bridgehead atoms. The monoisotopic (exact) mass is 292 g/mol. The first kappa shape index (κ1) is 15.1. The summed E-state index contributed by atoms with van der Waals surface area (Å²) in [4.78, 5) is 37.5. The molecule has 1 aliphatic rings. The van der Waals surface area contributed by atoms with Crippen molar-refractivity contribution in [3.05, 3.63) is 18.0 Å². The number of amides is 3. The summed E-state index contributed by atoms with van der Waals surface area (Å²) in [6.07, 6.45) is 2.53. The standard InChI is InChI=1S/C14H20N4O3/c1-4-5-17-7-9(15)6-10(17)12(20)18-8-11(19)16-13(21)14(18,2)3/h6-7H,4-5,8,15H2,1-3H3,(H,16,19,21). The smallest absolute Gasteiger partial charge is 0.271 e. The molecule has 7 nitrogen and oxygen atoms in total. The van der Waals surface area contributed by atoms with E-state index in [1.807, 2.05) is 6.92 Å². The molecule has 0 aliphatic carbocycles. The molecular formula is C14H20N4O3. The van der Waals surface area contributed by atoms with Crippen LogP contribution in [0, 0.1) is 0 Å². The van der Waals surface area contributed by atoms with Crippen molar-refractivity contribution in [2.45, 2.75) is 39.3 Å². The zero-order chi connectivity index (χ0) is 15.8. The number of aromatic nitrogens is 1. The Hall–Kier alpha value is -2.31. The van der Waals surface area contributed by atoms with E-state index in [-0.39, 0.29) is 12.5 Å². The van der Waals surface area contributed by atoms with E-state index in [2.05, 4.69) is 5.32 Å². The van der Waals surface area contributed by atoms with Crippen molar-refractivity contribution in [1.82, 2.24) is 14.8 Å². The Balaban J connectivity index is 2.38. The Bertz CT molecular complexity index is 603. The lowest BCUT2D eigenvalue weighted by molar-refractivity contribution is -0.143. The number of nitrogens with zero attached hydrogens (tertiary/aromatic N) is 2. The summed E-state index contributed by atoms with van der Waals surface area (Å²) in [5.41, 5.74) is 5.56. The zero-order valence-corrected chi connectivity index (χ0v) is 12.5. The highest BCUT2D eigenvalue weighted by Gasteiger charge is 2.44. The third-order valence-corrected chi connectivity index (χ3v) is 3.63. The number of hydrogen-bond donors (Lipinski definition) is 2. The van der Waals surface area contributed by atoms with Crippen LogP contribution in [0.15, 0.2) is 12.3 Å². The minimum atomic E-state index is -1.08. The van der Waals surface area contributed by atoms with Crippen LogP contribution in [0.1, 0.15) is 37.7 Å². The molecule has 0 unspecified atom stereocenters. The van der Waals surface area contributed by atoms with Gasteiger partial charge in [-0.3, -0.25) is 19.7 Å². The number of nitrogens with two attached hydrogens (primary N) is 1. The number of imide groups is 1. The fourth-order valence-corrected chi connectivity index (χ4v) is 2.38. The van der Waals surface area contributed by atoms with Gasteiger partial charge in [-0.1, -0.05) is 6.92 Å². The van der Waals surface area contributed by atoms with Gasteiger partial charge in [0.25, 0.3) is 11.8 Å². The van der Waals surface area contributed by atoms with Crippen molar-refractivity contribution >= 4 is 23.4 Å². The molecule has 0 atom stereocenters. The summed E-state index contributed by atoms with van der Waals surface area (Å²) in [5.74, 6) is -1.32. The third-order valence-electron chi connectivity index (χ3n) is 3.63. The Labute approximate surface area is 123 Å². The molecule has 114 valence electrons. The first-order valence-corrected chi connectivity index (χ1v) is 6.89. The Morgan fingerprint density at radius 1 is 1.43 bits per heavy atom. The van der Waals surface area contributed by atoms with Gasteiger partial charge >= 0.3 is 0 Å². The normalized spacial score (nSPS) is 17.8. The van der Waals surface area contributed by atoms with Crippen LogP contribution in [-0.2, 0) is 16.1 Å². The molecule has 7 heteroatoms. The first-order valence-electron chi connectivity index (χ1n) is 6.89. The summed E-state index contributed by atoms with van der Waals surface area (Å²) in [6.45, 7) is 5.72. The summed E-state index contributed by atoms with van der Waals surface area (Å²) in [7, 11) is 0. The summed E-state index contributed by atoms with van der Waals surface area (Å²) >= 11 is 0. The molecule has 3 N–H and O–H groups in total. The Kier molecular flexibility index (Phi) is 3.76. The average Bonchev–Trinajstić information content (AvgIpc) is 2.75. The molecule has 0 aromatic carbocycles. The van der Waals surface area contributed by atoms with Crippen LogP contribution >= 0.6 is 0 Å². The maximum Gasteiger partial charge on any atom is 0.271 e. The van der Waals surface area contributed by atoms with E-state index in [1.54, 1.807) is 30.7 Å². The number of nitrogen functional groups attached to an aromatic ring is 1. The Morgan fingerprint density at radius 3 is 2.71 bits per heavy atom. The highest BCUT2D eigenvalue weighted by Crippen LogP contribution is 2.23. The van der Waals surface area contributed by atoms with E-state index in [0.29, 0.717) is 17.9 Å². The molecule has 1 saturated heterocycles. The van der Waals surface area contributed by atoms with Crippen molar-refractivity contribution in [2.75, 3.05) is 12.3 Å². The molecule has 2 heterocycles. The van der Waals surface area contributed by atoms with Gasteiger partial charge in [0.15, 0.2) is 0 Å². The number of aryl methyl sites for hydroxylation is 1. The van der Waals surface area contributed by atoms with Gasteiger partial charge < -0.3 is 15.2 Å². The van der Waals surface area contributed by atoms with Crippen molar-refractivity contribution < 1.29 is 14.4 Å². The van der Waals surface area contributed by atoms with Crippen LogP contribution in [0.4, 0.5) is 5.69 Å². The number of carbonyl (C=O) groups is 3. The molecule has 0 spiro atoms. The van der Waals surface area contributed by atoms with Crippen molar-refractivity contribution in [1.29, 1.82) is 0 Å². The van der Waals surface area contributed by atoms with E-state index >= 15 is 0 Å². The number of rotatable bonds is 3. The SMILES string of the molecule is CCCn1cc(N)cc1C(=O)N1CC(=O)NC(=O)C1(C)C. The highest BCUT2D eigenvalue weighted by atomic mass is 16.2. The van der Waals surface area contributed by atoms with Crippen LogP contribution in [0.5, 0.6) is 0 Å². The van der Waals surface area contributed by atoms with Gasteiger partial charge in [0, 0.05) is 12.7 Å². The first-order chi connectivity index (χ1) is 9.77. The van der Waals surface area contributed by atoms with E-state index in [9.17, 15) is 14.4 Å². The number of nitrogens with one attached hydrogen (secondary N) is 1. The number of piperazine rings is 1. The van der Waals surface area contributed by atoms with E-state index < -0.39 is 17.4 Å². The van der Waals surface area contributed by atoms with Crippen LogP contribution in [0.3, 0.4) is 0 Å². The molecule has 21 heavy (non-hydrogen) atoms. The fraction of sp³-hybridized carbons (Fsp3) is 0.500. The van der Waals surface area contributed by atoms with E-state index in [1.165, 1.54) is 4.90 Å². The highest BCUT2D eigenvalue weighted by molar-refractivity contribution is 6.08. The summed E-state index contributed by atoms with van der Waals surface area (Å²) in [6, 6.07) is 1.57. The van der Waals surface area contributed by atoms with Gasteiger partial charge in [-0.05, 0) is 26.3 Å². The molecule has 3 amide bonds. The minimum Gasteiger partial charge on any atom is -0.397 e. The van der Waals surface area contributed by atoms with Gasteiger partial charge in [0.05, 0.1) is 5.69 Å².